The lowest BCUT2D eigenvalue weighted by atomic mass is 9.68. The van der Waals surface area contributed by atoms with Crippen molar-refractivity contribution in [3.63, 3.8) is 0 Å². The summed E-state index contributed by atoms with van der Waals surface area (Å²) in [4.78, 5) is 2.56. The van der Waals surface area contributed by atoms with Crippen molar-refractivity contribution in [2.75, 3.05) is 19.6 Å². The highest BCUT2D eigenvalue weighted by Gasteiger charge is 2.41. The van der Waals surface area contributed by atoms with Crippen LogP contribution in [0.25, 0.3) is 0 Å². The minimum Gasteiger partial charge on any atom is -0.437 e. The second-order valence-corrected chi connectivity index (χ2v) is 7.20. The van der Waals surface area contributed by atoms with Crippen molar-refractivity contribution >= 4 is 7.05 Å². The number of rotatable bonds is 5. The molecule has 0 unspecified atom stereocenters. The van der Waals surface area contributed by atoms with Crippen molar-refractivity contribution in [1.29, 1.82) is 5.26 Å². The van der Waals surface area contributed by atoms with Gasteiger partial charge in [0.2, 0.25) is 0 Å². The first-order valence-corrected chi connectivity index (χ1v) is 8.75. The van der Waals surface area contributed by atoms with Gasteiger partial charge in [0, 0.05) is 19.1 Å². The number of benzene rings is 1. The summed E-state index contributed by atoms with van der Waals surface area (Å²) in [7, 11) is -0.416. The lowest BCUT2D eigenvalue weighted by molar-refractivity contribution is 0.0300. The summed E-state index contributed by atoms with van der Waals surface area (Å²) in [6, 6.07) is 13.5. The molecule has 1 saturated carbocycles. The molecule has 1 heterocycles. The number of likely N-dealkylation sites (tertiary alicyclic amines) is 1. The first kappa shape index (κ1) is 16.5. The van der Waals surface area contributed by atoms with Crippen molar-refractivity contribution in [3.8, 4) is 6.07 Å². The Morgan fingerprint density at radius 3 is 2.52 bits per heavy atom. The standard InChI is InChI=1S/C18H26BN3O/c1-19(23)21-11-15-12-22(13-15)17-7-9-18(14-20,10-8-17)16-5-3-2-4-6-16/h2-6,15,17,21,23H,7-13H2,1H3. The van der Waals surface area contributed by atoms with Crippen LogP contribution >= 0.6 is 0 Å². The van der Waals surface area contributed by atoms with Gasteiger partial charge in [-0.25, -0.2) is 0 Å². The predicted molar refractivity (Wildman–Crippen MR) is 92.9 cm³/mol. The lowest BCUT2D eigenvalue weighted by Gasteiger charge is -2.48. The van der Waals surface area contributed by atoms with Gasteiger partial charge < -0.3 is 10.3 Å². The van der Waals surface area contributed by atoms with Crippen LogP contribution in [-0.2, 0) is 5.41 Å². The van der Waals surface area contributed by atoms with Crippen LogP contribution in [0.1, 0.15) is 31.2 Å². The molecular formula is C18H26BN3O. The zero-order valence-electron chi connectivity index (χ0n) is 13.9. The van der Waals surface area contributed by atoms with Gasteiger partial charge in [-0.1, -0.05) is 30.3 Å². The number of hydrogen-bond donors (Lipinski definition) is 2. The average Bonchev–Trinajstić information content (AvgIpc) is 2.54. The molecule has 1 aliphatic carbocycles. The molecule has 0 bridgehead atoms. The summed E-state index contributed by atoms with van der Waals surface area (Å²) in [5.41, 5.74) is 0.902. The minimum absolute atomic E-state index is 0.282. The Kier molecular flexibility index (Phi) is 5.06. The zero-order valence-corrected chi connectivity index (χ0v) is 13.9. The summed E-state index contributed by atoms with van der Waals surface area (Å²) in [6.45, 7) is 4.90. The predicted octanol–water partition coefficient (Wildman–Crippen LogP) is 2.02. The van der Waals surface area contributed by atoms with Crippen LogP contribution in [0.2, 0.25) is 6.82 Å². The van der Waals surface area contributed by atoms with Crippen LogP contribution in [-0.4, -0.2) is 42.7 Å². The zero-order chi connectivity index (χ0) is 16.3. The van der Waals surface area contributed by atoms with E-state index >= 15 is 0 Å². The Labute approximate surface area is 139 Å². The van der Waals surface area contributed by atoms with Gasteiger partial charge in [-0.05, 0) is 50.5 Å². The van der Waals surface area contributed by atoms with E-state index in [4.69, 9.17) is 0 Å². The third kappa shape index (κ3) is 3.60. The van der Waals surface area contributed by atoms with E-state index in [-0.39, 0.29) is 5.41 Å². The Morgan fingerprint density at radius 2 is 1.96 bits per heavy atom. The average molecular weight is 311 g/mol. The smallest absolute Gasteiger partial charge is 0.373 e. The van der Waals surface area contributed by atoms with Crippen LogP contribution in [0.5, 0.6) is 0 Å². The number of hydrogen-bond acceptors (Lipinski definition) is 4. The van der Waals surface area contributed by atoms with Crippen LogP contribution in [0.4, 0.5) is 0 Å². The molecule has 122 valence electrons. The fraction of sp³-hybridized carbons (Fsp3) is 0.611. The maximum Gasteiger partial charge on any atom is 0.373 e. The number of nitrogens with zero attached hydrogens (tertiary/aromatic N) is 2. The van der Waals surface area contributed by atoms with Gasteiger partial charge in [0.05, 0.1) is 11.5 Å². The second-order valence-electron chi connectivity index (χ2n) is 7.20. The van der Waals surface area contributed by atoms with E-state index in [1.165, 1.54) is 5.56 Å². The molecule has 4 nitrogen and oxygen atoms in total. The molecule has 1 aromatic rings. The largest absolute Gasteiger partial charge is 0.437 e. The molecule has 0 amide bonds. The Bertz CT molecular complexity index is 543. The maximum absolute atomic E-state index is 9.76. The normalized spacial score (nSPS) is 28.8. The van der Waals surface area contributed by atoms with E-state index in [2.05, 4.69) is 28.3 Å². The molecule has 2 fully saturated rings. The maximum atomic E-state index is 9.76. The lowest BCUT2D eigenvalue weighted by Crippen LogP contribution is -2.57. The molecule has 3 rings (SSSR count). The SMILES string of the molecule is CB(O)NCC1CN(C2CCC(C#N)(c3ccccc3)CC2)C1. The van der Waals surface area contributed by atoms with Crippen LogP contribution in [0.15, 0.2) is 30.3 Å². The van der Waals surface area contributed by atoms with Crippen LogP contribution < -0.4 is 5.23 Å². The minimum atomic E-state index is -0.416. The molecule has 5 heteroatoms. The Morgan fingerprint density at radius 1 is 1.30 bits per heavy atom. The van der Waals surface area contributed by atoms with Gasteiger partial charge >= 0.3 is 7.05 Å². The molecule has 1 aliphatic heterocycles. The molecular weight excluding hydrogens is 285 g/mol. The van der Waals surface area contributed by atoms with Crippen molar-refractivity contribution in [1.82, 2.24) is 10.1 Å². The van der Waals surface area contributed by atoms with E-state index in [0.29, 0.717) is 12.0 Å². The van der Waals surface area contributed by atoms with Crippen molar-refractivity contribution in [2.45, 2.75) is 44.0 Å². The highest BCUT2D eigenvalue weighted by Crippen LogP contribution is 2.41. The first-order chi connectivity index (χ1) is 11.1. The summed E-state index contributed by atoms with van der Waals surface area (Å²) >= 11 is 0. The van der Waals surface area contributed by atoms with Crippen molar-refractivity contribution in [3.05, 3.63) is 35.9 Å². The van der Waals surface area contributed by atoms with Gasteiger partial charge in [-0.2, -0.15) is 5.26 Å². The highest BCUT2D eigenvalue weighted by molar-refractivity contribution is 6.45. The first-order valence-electron chi connectivity index (χ1n) is 8.75. The topological polar surface area (TPSA) is 59.3 Å². The molecule has 1 saturated heterocycles. The van der Waals surface area contributed by atoms with E-state index in [1.54, 1.807) is 6.82 Å². The molecule has 2 N–H and O–H groups in total. The van der Waals surface area contributed by atoms with Gasteiger partial charge in [-0.15, -0.1) is 0 Å². The fourth-order valence-electron chi connectivity index (χ4n) is 4.06. The van der Waals surface area contributed by atoms with Crippen LogP contribution in [0.3, 0.4) is 0 Å². The molecule has 2 aliphatic rings. The molecule has 1 aromatic carbocycles. The number of nitrogens with one attached hydrogen (secondary N) is 1. The van der Waals surface area contributed by atoms with Gasteiger partial charge in [-0.3, -0.25) is 4.90 Å². The molecule has 0 radical (unpaired) electrons. The fourth-order valence-corrected chi connectivity index (χ4v) is 4.06. The van der Waals surface area contributed by atoms with Crippen LogP contribution in [0, 0.1) is 17.2 Å². The molecule has 0 spiro atoms. The van der Waals surface area contributed by atoms with Gasteiger partial charge in [0.1, 0.15) is 0 Å². The highest BCUT2D eigenvalue weighted by atomic mass is 16.2. The Balaban J connectivity index is 1.51. The summed E-state index contributed by atoms with van der Waals surface area (Å²) in [6.07, 6.45) is 4.15. The van der Waals surface area contributed by atoms with E-state index in [1.807, 2.05) is 18.2 Å². The van der Waals surface area contributed by atoms with Gasteiger partial charge in [0.25, 0.3) is 0 Å². The van der Waals surface area contributed by atoms with Crippen molar-refractivity contribution in [2.24, 2.45) is 5.92 Å². The Hall–Kier alpha value is -1.35. The third-order valence-corrected chi connectivity index (χ3v) is 5.55. The van der Waals surface area contributed by atoms with E-state index in [0.717, 1.165) is 45.3 Å². The third-order valence-electron chi connectivity index (χ3n) is 5.55. The molecule has 0 atom stereocenters. The number of nitriles is 1. The quantitative estimate of drug-likeness (QED) is 0.817. The summed E-state index contributed by atoms with van der Waals surface area (Å²) in [5.74, 6) is 0.654. The summed E-state index contributed by atoms with van der Waals surface area (Å²) < 4.78 is 0. The second kappa shape index (κ2) is 7.04. The monoisotopic (exact) mass is 311 g/mol. The summed E-state index contributed by atoms with van der Waals surface area (Å²) in [5, 5.41) is 22.1. The molecule has 0 aromatic heterocycles. The molecule has 23 heavy (non-hydrogen) atoms. The van der Waals surface area contributed by atoms with Crippen molar-refractivity contribution < 1.29 is 5.02 Å². The van der Waals surface area contributed by atoms with E-state index in [9.17, 15) is 10.3 Å². The van der Waals surface area contributed by atoms with Gasteiger partial charge in [0.15, 0.2) is 0 Å². The van der Waals surface area contributed by atoms with E-state index < -0.39 is 7.05 Å².